The quantitative estimate of drug-likeness (QED) is 0.192. The molecule has 4 saturated carbocycles. The maximum absolute atomic E-state index is 13.0. The van der Waals surface area contributed by atoms with Crippen molar-refractivity contribution in [1.29, 1.82) is 0 Å². The molecule has 0 spiro atoms. The van der Waals surface area contributed by atoms with Crippen molar-refractivity contribution in [2.45, 2.75) is 149 Å². The van der Waals surface area contributed by atoms with Gasteiger partial charge in [0.05, 0.1) is 12.2 Å². The van der Waals surface area contributed by atoms with Crippen molar-refractivity contribution >= 4 is 11.9 Å². The minimum absolute atomic E-state index is 0.0561. The molecule has 0 bridgehead atoms. The fourth-order valence-electron chi connectivity index (χ4n) is 12.4. The van der Waals surface area contributed by atoms with Gasteiger partial charge in [0.15, 0.2) is 12.4 Å². The first-order valence-electron chi connectivity index (χ1n) is 17.4. The number of hydrogen-bond acceptors (Lipinski definition) is 8. The smallest absolute Gasteiger partial charge is 0.335 e. The van der Waals surface area contributed by atoms with Crippen LogP contribution in [0.25, 0.3) is 0 Å². The predicted octanol–water partition coefficient (Wildman–Crippen LogP) is 4.12. The molecule has 0 amide bonds. The zero-order valence-electron chi connectivity index (χ0n) is 28.5. The monoisotopic (exact) mass is 648 g/mol. The van der Waals surface area contributed by atoms with Crippen LogP contribution >= 0.6 is 0 Å². The van der Waals surface area contributed by atoms with Crippen molar-refractivity contribution in [2.75, 3.05) is 0 Å². The lowest BCUT2D eigenvalue weighted by atomic mass is 9.33. The van der Waals surface area contributed by atoms with Crippen LogP contribution in [0.5, 0.6) is 0 Å². The van der Waals surface area contributed by atoms with Crippen LogP contribution in [0.3, 0.4) is 0 Å². The zero-order chi connectivity index (χ0) is 34.0. The molecule has 1 heterocycles. The Balaban J connectivity index is 1.30. The van der Waals surface area contributed by atoms with E-state index in [1.54, 1.807) is 0 Å². The van der Waals surface area contributed by atoms with Crippen LogP contribution in [0.2, 0.25) is 0 Å². The molecule has 10 heteroatoms. The molecule has 6 rings (SSSR count). The van der Waals surface area contributed by atoms with E-state index < -0.39 is 54.2 Å². The second kappa shape index (κ2) is 10.7. The van der Waals surface area contributed by atoms with Crippen molar-refractivity contribution in [1.82, 2.24) is 0 Å². The highest BCUT2D eigenvalue weighted by molar-refractivity contribution is 5.77. The first-order chi connectivity index (χ1) is 21.2. The summed E-state index contributed by atoms with van der Waals surface area (Å²) in [5.74, 6) is -1.90. The van der Waals surface area contributed by atoms with E-state index in [1.807, 2.05) is 0 Å². The molecule has 260 valence electrons. The zero-order valence-corrected chi connectivity index (χ0v) is 28.5. The Kier molecular flexibility index (Phi) is 7.99. The van der Waals surface area contributed by atoms with E-state index in [1.165, 1.54) is 5.57 Å². The Morgan fingerprint density at radius 1 is 0.826 bits per heavy atom. The molecule has 0 aromatic heterocycles. The molecule has 6 aliphatic rings. The Bertz CT molecular complexity index is 1290. The van der Waals surface area contributed by atoms with E-state index in [9.17, 15) is 40.2 Å². The van der Waals surface area contributed by atoms with Crippen molar-refractivity contribution in [3.63, 3.8) is 0 Å². The summed E-state index contributed by atoms with van der Waals surface area (Å²) in [5.41, 5.74) is -0.730. The summed E-state index contributed by atoms with van der Waals surface area (Å²) in [6.07, 6.45) is -0.264. The molecule has 5 aliphatic carbocycles. The van der Waals surface area contributed by atoms with Gasteiger partial charge in [-0.05, 0) is 103 Å². The number of hydrogen-bond donors (Lipinski definition) is 6. The minimum Gasteiger partial charge on any atom is -0.481 e. The van der Waals surface area contributed by atoms with Gasteiger partial charge in [0.25, 0.3) is 0 Å². The lowest BCUT2D eigenvalue weighted by molar-refractivity contribution is -0.324. The highest BCUT2D eigenvalue weighted by Gasteiger charge is 2.71. The van der Waals surface area contributed by atoms with Crippen LogP contribution in [0.4, 0.5) is 0 Å². The van der Waals surface area contributed by atoms with Crippen molar-refractivity contribution in [2.24, 2.45) is 50.2 Å². The van der Waals surface area contributed by atoms with Gasteiger partial charge in [-0.25, -0.2) is 4.79 Å². The molecule has 6 N–H and O–H groups in total. The molecular weight excluding hydrogens is 592 g/mol. The fourth-order valence-corrected chi connectivity index (χ4v) is 12.4. The Morgan fingerprint density at radius 3 is 2.13 bits per heavy atom. The summed E-state index contributed by atoms with van der Waals surface area (Å²) in [5, 5.41) is 62.8. The summed E-state index contributed by atoms with van der Waals surface area (Å²) in [7, 11) is 0. The Morgan fingerprint density at radius 2 is 1.50 bits per heavy atom. The number of aliphatic hydroxyl groups is 4. The van der Waals surface area contributed by atoms with Gasteiger partial charge in [-0.1, -0.05) is 60.1 Å². The number of fused-ring (bicyclic) bond motifs is 7. The van der Waals surface area contributed by atoms with Crippen LogP contribution in [0.1, 0.15) is 106 Å². The lowest BCUT2D eigenvalue weighted by Crippen LogP contribution is -2.67. The molecule has 1 aliphatic heterocycles. The van der Waals surface area contributed by atoms with Gasteiger partial charge in [-0.15, -0.1) is 0 Å². The van der Waals surface area contributed by atoms with Gasteiger partial charge >= 0.3 is 11.9 Å². The van der Waals surface area contributed by atoms with E-state index in [4.69, 9.17) is 9.47 Å². The SMILES string of the molecule is CC1(C)CC(O)C2(C(=O)O)CCC3(C)C(=CCC4C5(C)CCC(OC6OC(C(=O)O)C(O)C(O)C6O)C(C)(C)C5CCC43C)C2C1. The van der Waals surface area contributed by atoms with Gasteiger partial charge < -0.3 is 40.1 Å². The third-order valence-electron chi connectivity index (χ3n) is 15.1. The number of aliphatic carboxylic acids is 2. The largest absolute Gasteiger partial charge is 0.481 e. The number of rotatable bonds is 4. The standard InChI is InChI=1S/C36H56O10/c1-31(2)16-19-18-8-9-21-33(5)12-11-23(45-29-26(40)24(38)25(39)27(46-29)28(41)42)32(3,4)20(33)10-13-35(21,7)34(18,6)14-15-36(19,30(43)44)22(37)17-31/h8,19-27,29,37-40H,9-17H2,1-7H3,(H,41,42)(H,43,44). The van der Waals surface area contributed by atoms with Crippen molar-refractivity contribution in [3.8, 4) is 0 Å². The fraction of sp³-hybridized carbons (Fsp3) is 0.889. The number of ether oxygens (including phenoxy) is 2. The summed E-state index contributed by atoms with van der Waals surface area (Å²) in [6, 6.07) is 0. The first-order valence-corrected chi connectivity index (χ1v) is 17.4. The Labute approximate surface area is 272 Å². The molecular formula is C36H56O10. The molecule has 0 radical (unpaired) electrons. The summed E-state index contributed by atoms with van der Waals surface area (Å²) >= 11 is 0. The maximum atomic E-state index is 13.0. The van der Waals surface area contributed by atoms with Crippen LogP contribution < -0.4 is 0 Å². The number of carboxylic acid groups (broad SMARTS) is 2. The topological polar surface area (TPSA) is 174 Å². The number of aliphatic hydroxyl groups excluding tert-OH is 4. The number of carbonyl (C=O) groups is 2. The summed E-state index contributed by atoms with van der Waals surface area (Å²) in [6.45, 7) is 15.9. The van der Waals surface area contributed by atoms with E-state index in [2.05, 4.69) is 54.5 Å². The van der Waals surface area contributed by atoms with Crippen LogP contribution in [0, 0.1) is 50.2 Å². The normalized spacial score (nSPS) is 52.6. The molecule has 46 heavy (non-hydrogen) atoms. The van der Waals surface area contributed by atoms with Crippen molar-refractivity contribution < 1.29 is 49.7 Å². The van der Waals surface area contributed by atoms with Gasteiger partial charge in [-0.3, -0.25) is 4.79 Å². The third-order valence-corrected chi connectivity index (χ3v) is 15.1. The van der Waals surface area contributed by atoms with Gasteiger partial charge in [0, 0.05) is 0 Å². The highest BCUT2D eigenvalue weighted by Crippen LogP contribution is 2.76. The van der Waals surface area contributed by atoms with E-state index in [-0.39, 0.29) is 45.0 Å². The molecule has 0 aromatic rings. The number of carboxylic acids is 2. The second-order valence-corrected chi connectivity index (χ2v) is 18.0. The average molecular weight is 649 g/mol. The van der Waals surface area contributed by atoms with Gasteiger partial charge in [0.1, 0.15) is 23.7 Å². The molecule has 14 unspecified atom stereocenters. The van der Waals surface area contributed by atoms with Gasteiger partial charge in [-0.2, -0.15) is 0 Å². The van der Waals surface area contributed by atoms with Crippen LogP contribution in [-0.4, -0.2) is 85.5 Å². The molecule has 14 atom stereocenters. The van der Waals surface area contributed by atoms with Crippen LogP contribution in [0.15, 0.2) is 11.6 Å². The molecule has 10 nitrogen and oxygen atoms in total. The summed E-state index contributed by atoms with van der Waals surface area (Å²) < 4.78 is 11.9. The second-order valence-electron chi connectivity index (χ2n) is 18.0. The first kappa shape index (κ1) is 34.3. The maximum Gasteiger partial charge on any atom is 0.335 e. The Hall–Kier alpha value is -1.56. The van der Waals surface area contributed by atoms with Gasteiger partial charge in [0.2, 0.25) is 0 Å². The predicted molar refractivity (Wildman–Crippen MR) is 167 cm³/mol. The van der Waals surface area contributed by atoms with E-state index in [0.29, 0.717) is 25.2 Å². The van der Waals surface area contributed by atoms with Crippen LogP contribution in [-0.2, 0) is 19.1 Å². The molecule has 1 saturated heterocycles. The summed E-state index contributed by atoms with van der Waals surface area (Å²) in [4.78, 5) is 24.7. The van der Waals surface area contributed by atoms with E-state index >= 15 is 0 Å². The van der Waals surface area contributed by atoms with Crippen molar-refractivity contribution in [3.05, 3.63) is 11.6 Å². The van der Waals surface area contributed by atoms with E-state index in [0.717, 1.165) is 38.5 Å². The molecule has 0 aromatic carbocycles. The molecule has 5 fully saturated rings. The third kappa shape index (κ3) is 4.49. The minimum atomic E-state index is -1.76. The number of allylic oxidation sites excluding steroid dienone is 2. The average Bonchev–Trinajstić information content (AvgIpc) is 2.94. The lowest BCUT2D eigenvalue weighted by Gasteiger charge is -2.71. The highest BCUT2D eigenvalue weighted by atomic mass is 16.7.